The van der Waals surface area contributed by atoms with Gasteiger partial charge in [0.1, 0.15) is 11.9 Å². The number of amides is 1. The SMILES string of the molecule is CCCCC(Nc1cc(CCC)nc2ccnn12)C(N)=O. The molecule has 2 rings (SSSR count). The highest BCUT2D eigenvalue weighted by Gasteiger charge is 2.16. The molecule has 21 heavy (non-hydrogen) atoms. The molecular formula is C15H23N5O. The number of fused-ring (bicyclic) bond motifs is 1. The molecule has 0 spiro atoms. The number of hydrogen-bond donors (Lipinski definition) is 2. The van der Waals surface area contributed by atoms with Crippen LogP contribution in [0.2, 0.25) is 0 Å². The Bertz CT molecular complexity index is 607. The lowest BCUT2D eigenvalue weighted by Crippen LogP contribution is -2.36. The molecule has 1 atom stereocenters. The number of aryl methyl sites for hydroxylation is 1. The van der Waals surface area contributed by atoms with Gasteiger partial charge in [0.05, 0.1) is 6.20 Å². The van der Waals surface area contributed by atoms with Crippen LogP contribution in [-0.4, -0.2) is 26.5 Å². The van der Waals surface area contributed by atoms with Crippen LogP contribution in [0.4, 0.5) is 5.82 Å². The Hall–Kier alpha value is -2.11. The minimum Gasteiger partial charge on any atom is -0.368 e. The van der Waals surface area contributed by atoms with Crippen molar-refractivity contribution in [3.8, 4) is 0 Å². The van der Waals surface area contributed by atoms with Crippen LogP contribution in [0, 0.1) is 0 Å². The van der Waals surface area contributed by atoms with Crippen molar-refractivity contribution in [1.29, 1.82) is 0 Å². The van der Waals surface area contributed by atoms with Gasteiger partial charge in [-0.25, -0.2) is 4.98 Å². The van der Waals surface area contributed by atoms with Gasteiger partial charge in [0.15, 0.2) is 5.65 Å². The summed E-state index contributed by atoms with van der Waals surface area (Å²) < 4.78 is 1.71. The molecule has 2 heterocycles. The Balaban J connectivity index is 2.29. The molecule has 1 amide bonds. The predicted octanol–water partition coefficient (Wildman–Crippen LogP) is 2.14. The molecule has 0 aliphatic heterocycles. The molecular weight excluding hydrogens is 266 g/mol. The number of aromatic nitrogens is 3. The van der Waals surface area contributed by atoms with Crippen LogP contribution in [-0.2, 0) is 11.2 Å². The van der Waals surface area contributed by atoms with Crippen molar-refractivity contribution in [3.05, 3.63) is 24.0 Å². The molecule has 0 fully saturated rings. The van der Waals surface area contributed by atoms with Gasteiger partial charge in [0.2, 0.25) is 5.91 Å². The van der Waals surface area contributed by atoms with E-state index in [-0.39, 0.29) is 11.9 Å². The smallest absolute Gasteiger partial charge is 0.239 e. The molecule has 0 radical (unpaired) electrons. The van der Waals surface area contributed by atoms with Crippen LogP contribution in [0.3, 0.4) is 0 Å². The number of nitrogens with one attached hydrogen (secondary N) is 1. The van der Waals surface area contributed by atoms with E-state index in [1.165, 1.54) is 0 Å². The van der Waals surface area contributed by atoms with E-state index in [2.05, 4.69) is 29.2 Å². The summed E-state index contributed by atoms with van der Waals surface area (Å²) in [7, 11) is 0. The quantitative estimate of drug-likeness (QED) is 0.779. The first-order chi connectivity index (χ1) is 10.2. The molecule has 0 aromatic carbocycles. The second-order valence-corrected chi connectivity index (χ2v) is 5.23. The number of carbonyl (C=O) groups is 1. The monoisotopic (exact) mass is 289 g/mol. The Morgan fingerprint density at radius 1 is 1.43 bits per heavy atom. The van der Waals surface area contributed by atoms with E-state index in [1.54, 1.807) is 10.7 Å². The fourth-order valence-electron chi connectivity index (χ4n) is 2.32. The van der Waals surface area contributed by atoms with Crippen molar-refractivity contribution in [3.63, 3.8) is 0 Å². The number of nitrogens with zero attached hydrogens (tertiary/aromatic N) is 3. The van der Waals surface area contributed by atoms with Gasteiger partial charge < -0.3 is 11.1 Å². The standard InChI is InChI=1S/C15H23N5O/c1-3-5-7-12(15(16)21)19-14-10-11(6-4-2)18-13-8-9-17-20(13)14/h8-10,12,19H,3-7H2,1-2H3,(H2,16,21). The van der Waals surface area contributed by atoms with E-state index >= 15 is 0 Å². The summed E-state index contributed by atoms with van der Waals surface area (Å²) in [6, 6.07) is 3.43. The van der Waals surface area contributed by atoms with Crippen molar-refractivity contribution < 1.29 is 4.79 Å². The van der Waals surface area contributed by atoms with Gasteiger partial charge >= 0.3 is 0 Å². The first kappa shape index (κ1) is 15.3. The normalized spacial score (nSPS) is 12.5. The summed E-state index contributed by atoms with van der Waals surface area (Å²) in [6.07, 6.45) is 6.32. The minimum absolute atomic E-state index is 0.336. The summed E-state index contributed by atoms with van der Waals surface area (Å²) in [5, 5.41) is 7.48. The number of hydrogen-bond acceptors (Lipinski definition) is 4. The third-order valence-electron chi connectivity index (χ3n) is 3.43. The van der Waals surface area contributed by atoms with E-state index < -0.39 is 0 Å². The van der Waals surface area contributed by atoms with Gasteiger partial charge in [0.25, 0.3) is 0 Å². The zero-order chi connectivity index (χ0) is 15.2. The first-order valence-electron chi connectivity index (χ1n) is 7.55. The molecule has 0 saturated heterocycles. The zero-order valence-electron chi connectivity index (χ0n) is 12.7. The van der Waals surface area contributed by atoms with Gasteiger partial charge in [-0.1, -0.05) is 33.1 Å². The average molecular weight is 289 g/mol. The molecule has 6 nitrogen and oxygen atoms in total. The highest BCUT2D eigenvalue weighted by atomic mass is 16.1. The van der Waals surface area contributed by atoms with E-state index in [0.29, 0.717) is 0 Å². The van der Waals surface area contributed by atoms with Crippen LogP contribution >= 0.6 is 0 Å². The molecule has 0 aliphatic carbocycles. The highest BCUT2D eigenvalue weighted by Crippen LogP contribution is 2.16. The number of carbonyl (C=O) groups excluding carboxylic acids is 1. The minimum atomic E-state index is -0.380. The molecule has 0 aliphatic rings. The molecule has 0 saturated carbocycles. The van der Waals surface area contributed by atoms with Crippen LogP contribution < -0.4 is 11.1 Å². The third-order valence-corrected chi connectivity index (χ3v) is 3.43. The Morgan fingerprint density at radius 3 is 2.90 bits per heavy atom. The maximum atomic E-state index is 11.6. The Labute approximate surface area is 124 Å². The number of nitrogens with two attached hydrogens (primary N) is 1. The largest absolute Gasteiger partial charge is 0.368 e. The fraction of sp³-hybridized carbons (Fsp3) is 0.533. The van der Waals surface area contributed by atoms with E-state index in [4.69, 9.17) is 5.73 Å². The summed E-state index contributed by atoms with van der Waals surface area (Å²) in [6.45, 7) is 4.21. The summed E-state index contributed by atoms with van der Waals surface area (Å²) in [5.74, 6) is 0.436. The number of primary amides is 1. The van der Waals surface area contributed by atoms with Crippen molar-refractivity contribution >= 4 is 17.4 Å². The van der Waals surface area contributed by atoms with Crippen molar-refractivity contribution in [2.24, 2.45) is 5.73 Å². The predicted molar refractivity (Wildman–Crippen MR) is 83.1 cm³/mol. The topological polar surface area (TPSA) is 85.3 Å². The van der Waals surface area contributed by atoms with Crippen molar-refractivity contribution in [2.75, 3.05) is 5.32 Å². The Morgan fingerprint density at radius 2 is 2.24 bits per heavy atom. The maximum absolute atomic E-state index is 11.6. The average Bonchev–Trinajstić information content (AvgIpc) is 2.91. The lowest BCUT2D eigenvalue weighted by atomic mass is 10.1. The van der Waals surface area contributed by atoms with Crippen LogP contribution in [0.15, 0.2) is 18.3 Å². The molecule has 0 bridgehead atoms. The lowest BCUT2D eigenvalue weighted by Gasteiger charge is -2.17. The molecule has 1 unspecified atom stereocenters. The summed E-state index contributed by atoms with van der Waals surface area (Å²) >= 11 is 0. The molecule has 2 aromatic rings. The van der Waals surface area contributed by atoms with Crippen LogP contribution in [0.25, 0.3) is 5.65 Å². The van der Waals surface area contributed by atoms with Gasteiger partial charge in [-0.05, 0) is 12.8 Å². The van der Waals surface area contributed by atoms with E-state index in [1.807, 2.05) is 12.1 Å². The van der Waals surface area contributed by atoms with Crippen molar-refractivity contribution in [1.82, 2.24) is 14.6 Å². The van der Waals surface area contributed by atoms with E-state index in [9.17, 15) is 4.79 Å². The number of unbranched alkanes of at least 4 members (excludes halogenated alkanes) is 1. The van der Waals surface area contributed by atoms with Gasteiger partial charge in [0, 0.05) is 17.8 Å². The second-order valence-electron chi connectivity index (χ2n) is 5.23. The number of rotatable bonds is 8. The lowest BCUT2D eigenvalue weighted by molar-refractivity contribution is -0.118. The van der Waals surface area contributed by atoms with Crippen LogP contribution in [0.5, 0.6) is 0 Å². The maximum Gasteiger partial charge on any atom is 0.239 e. The Kier molecular flexibility index (Phi) is 5.14. The van der Waals surface area contributed by atoms with Crippen molar-refractivity contribution in [2.45, 2.75) is 52.0 Å². The van der Waals surface area contributed by atoms with Gasteiger partial charge in [-0.15, -0.1) is 0 Å². The van der Waals surface area contributed by atoms with Gasteiger partial charge in [-0.2, -0.15) is 9.61 Å². The van der Waals surface area contributed by atoms with Crippen LogP contribution in [0.1, 0.15) is 45.2 Å². The first-order valence-corrected chi connectivity index (χ1v) is 7.55. The third kappa shape index (κ3) is 3.71. The molecule has 6 heteroatoms. The van der Waals surface area contributed by atoms with E-state index in [0.717, 1.165) is 49.3 Å². The summed E-state index contributed by atoms with van der Waals surface area (Å²) in [4.78, 5) is 16.2. The zero-order valence-corrected chi connectivity index (χ0v) is 12.7. The number of anilines is 1. The second kappa shape index (κ2) is 7.06. The highest BCUT2D eigenvalue weighted by molar-refractivity contribution is 5.82. The van der Waals surface area contributed by atoms with Gasteiger partial charge in [-0.3, -0.25) is 4.79 Å². The molecule has 114 valence electrons. The summed E-state index contributed by atoms with van der Waals surface area (Å²) in [5.41, 5.74) is 7.27. The molecule has 2 aromatic heterocycles. The fourth-order valence-corrected chi connectivity index (χ4v) is 2.32. The molecule has 3 N–H and O–H groups in total.